The first-order valence-electron chi connectivity index (χ1n) is 7.79. The number of methoxy groups -OCH3 is 1. The number of halogens is 1. The Kier molecular flexibility index (Phi) is 7.32. The summed E-state index contributed by atoms with van der Waals surface area (Å²) in [6.45, 7) is 7.87. The van der Waals surface area contributed by atoms with E-state index in [1.165, 1.54) is 0 Å². The van der Waals surface area contributed by atoms with Crippen LogP contribution in [0.15, 0.2) is 17.0 Å². The van der Waals surface area contributed by atoms with E-state index in [-0.39, 0.29) is 18.4 Å². The smallest absolute Gasteiger partial charge is 0.243 e. The number of nitrogens with one attached hydrogen (secondary N) is 1. The molecule has 1 heterocycles. The van der Waals surface area contributed by atoms with Gasteiger partial charge in [0, 0.05) is 19.1 Å². The van der Waals surface area contributed by atoms with Gasteiger partial charge in [-0.3, -0.25) is 0 Å². The molecule has 0 spiro atoms. The number of aryl methyl sites for hydroxylation is 2. The van der Waals surface area contributed by atoms with Gasteiger partial charge in [-0.15, -0.1) is 12.4 Å². The summed E-state index contributed by atoms with van der Waals surface area (Å²) in [5.74, 6) is 0.723. The lowest BCUT2D eigenvalue weighted by Crippen LogP contribution is -2.42. The average molecular weight is 363 g/mol. The molecule has 1 aromatic carbocycles. The van der Waals surface area contributed by atoms with Crippen molar-refractivity contribution in [2.24, 2.45) is 0 Å². The van der Waals surface area contributed by atoms with Crippen LogP contribution in [0.4, 0.5) is 0 Å². The lowest BCUT2D eigenvalue weighted by Gasteiger charge is -2.28. The molecule has 1 aliphatic heterocycles. The van der Waals surface area contributed by atoms with Crippen LogP contribution >= 0.6 is 12.4 Å². The molecule has 0 saturated carbocycles. The van der Waals surface area contributed by atoms with Crippen molar-refractivity contribution in [3.8, 4) is 5.75 Å². The van der Waals surface area contributed by atoms with Crippen LogP contribution in [0.2, 0.25) is 0 Å². The minimum absolute atomic E-state index is 0. The van der Waals surface area contributed by atoms with Crippen molar-refractivity contribution in [2.75, 3.05) is 26.7 Å². The number of sulfonamides is 1. The number of benzene rings is 1. The Hall–Kier alpha value is -0.820. The largest absolute Gasteiger partial charge is 0.496 e. The van der Waals surface area contributed by atoms with Crippen molar-refractivity contribution < 1.29 is 13.2 Å². The van der Waals surface area contributed by atoms with Gasteiger partial charge in [0.05, 0.1) is 12.0 Å². The summed E-state index contributed by atoms with van der Waals surface area (Å²) >= 11 is 0. The molecule has 1 fully saturated rings. The summed E-state index contributed by atoms with van der Waals surface area (Å²) in [6, 6.07) is 3.58. The van der Waals surface area contributed by atoms with Gasteiger partial charge in [-0.2, -0.15) is 4.31 Å². The van der Waals surface area contributed by atoms with E-state index < -0.39 is 10.0 Å². The average Bonchev–Trinajstić information content (AvgIpc) is 3.00. The molecule has 0 radical (unpaired) electrons. The predicted molar refractivity (Wildman–Crippen MR) is 95.2 cm³/mol. The van der Waals surface area contributed by atoms with Gasteiger partial charge in [0.15, 0.2) is 0 Å². The van der Waals surface area contributed by atoms with E-state index in [2.05, 4.69) is 5.32 Å². The Morgan fingerprint density at radius 1 is 1.30 bits per heavy atom. The zero-order valence-corrected chi connectivity index (χ0v) is 15.9. The molecule has 1 aromatic rings. The quantitative estimate of drug-likeness (QED) is 0.844. The highest BCUT2D eigenvalue weighted by Gasteiger charge is 2.33. The van der Waals surface area contributed by atoms with Gasteiger partial charge >= 0.3 is 0 Å². The van der Waals surface area contributed by atoms with Crippen LogP contribution in [0.5, 0.6) is 5.75 Å². The molecule has 5 nitrogen and oxygen atoms in total. The summed E-state index contributed by atoms with van der Waals surface area (Å²) in [5, 5.41) is 3.25. The van der Waals surface area contributed by atoms with Crippen molar-refractivity contribution in [3.05, 3.63) is 23.3 Å². The van der Waals surface area contributed by atoms with Crippen LogP contribution in [0.25, 0.3) is 0 Å². The Morgan fingerprint density at radius 3 is 2.52 bits per heavy atom. The lowest BCUT2D eigenvalue weighted by atomic mass is 10.1. The fraction of sp³-hybridized carbons (Fsp3) is 0.625. The highest BCUT2D eigenvalue weighted by molar-refractivity contribution is 7.89. The topological polar surface area (TPSA) is 58.6 Å². The molecule has 1 saturated heterocycles. The van der Waals surface area contributed by atoms with Crippen LogP contribution in [0, 0.1) is 13.8 Å². The first-order chi connectivity index (χ1) is 10.4. The van der Waals surface area contributed by atoms with Gasteiger partial charge < -0.3 is 10.1 Å². The highest BCUT2D eigenvalue weighted by Crippen LogP contribution is 2.29. The molecule has 1 aliphatic rings. The Morgan fingerprint density at radius 2 is 2.00 bits per heavy atom. The predicted octanol–water partition coefficient (Wildman–Crippen LogP) is 2.50. The van der Waals surface area contributed by atoms with Crippen LogP contribution in [0.3, 0.4) is 0 Å². The molecule has 1 atom stereocenters. The van der Waals surface area contributed by atoms with E-state index in [0.717, 1.165) is 42.8 Å². The van der Waals surface area contributed by atoms with E-state index in [9.17, 15) is 8.42 Å². The summed E-state index contributed by atoms with van der Waals surface area (Å²) in [6.07, 6.45) is 1.68. The molecule has 0 amide bonds. The SMILES string of the molecule is CCCN(C1CCNC1)S(=O)(=O)c1cc(C)c(OC)cc1C.Cl. The van der Waals surface area contributed by atoms with Gasteiger partial charge in [-0.1, -0.05) is 6.92 Å². The molecule has 1 unspecified atom stereocenters. The number of ether oxygens (including phenoxy) is 1. The number of nitrogens with zero attached hydrogens (tertiary/aromatic N) is 1. The summed E-state index contributed by atoms with van der Waals surface area (Å²) in [7, 11) is -1.89. The maximum Gasteiger partial charge on any atom is 0.243 e. The van der Waals surface area contributed by atoms with Gasteiger partial charge in [0.1, 0.15) is 5.75 Å². The molecule has 2 rings (SSSR count). The van der Waals surface area contributed by atoms with Crippen molar-refractivity contribution in [1.29, 1.82) is 0 Å². The van der Waals surface area contributed by atoms with Crippen molar-refractivity contribution in [3.63, 3.8) is 0 Å². The Bertz CT molecular complexity index is 628. The van der Waals surface area contributed by atoms with Crippen molar-refractivity contribution in [2.45, 2.75) is 44.6 Å². The zero-order valence-electron chi connectivity index (χ0n) is 14.3. The summed E-state index contributed by atoms with van der Waals surface area (Å²) in [5.41, 5.74) is 1.57. The van der Waals surface area contributed by atoms with Crippen LogP contribution < -0.4 is 10.1 Å². The molecule has 23 heavy (non-hydrogen) atoms. The van der Waals surface area contributed by atoms with E-state index in [4.69, 9.17) is 4.74 Å². The van der Waals surface area contributed by atoms with E-state index in [1.54, 1.807) is 23.5 Å². The van der Waals surface area contributed by atoms with Crippen molar-refractivity contribution in [1.82, 2.24) is 9.62 Å². The molecule has 0 aromatic heterocycles. The summed E-state index contributed by atoms with van der Waals surface area (Å²) in [4.78, 5) is 0.395. The van der Waals surface area contributed by atoms with E-state index in [0.29, 0.717) is 11.4 Å². The maximum absolute atomic E-state index is 13.1. The second kappa shape index (κ2) is 8.33. The van der Waals surface area contributed by atoms with Crippen LogP contribution in [-0.4, -0.2) is 45.5 Å². The molecule has 132 valence electrons. The van der Waals surface area contributed by atoms with Crippen LogP contribution in [-0.2, 0) is 10.0 Å². The molecular formula is C16H27ClN2O3S. The third kappa shape index (κ3) is 4.18. The normalized spacial score (nSPS) is 18.0. The van der Waals surface area contributed by atoms with Gasteiger partial charge in [-0.25, -0.2) is 8.42 Å². The minimum Gasteiger partial charge on any atom is -0.496 e. The fourth-order valence-corrected chi connectivity index (χ4v) is 5.03. The Balaban J connectivity index is 0.00000264. The fourth-order valence-electron chi connectivity index (χ4n) is 2.99. The third-order valence-electron chi connectivity index (χ3n) is 4.16. The standard InChI is InChI=1S/C16H26N2O3S.ClH/c1-5-8-18(14-6-7-17-11-14)22(19,20)16-10-12(2)15(21-4)9-13(16)3;/h9-10,14,17H,5-8,11H2,1-4H3;1H. The first kappa shape index (κ1) is 20.2. The zero-order chi connectivity index (χ0) is 16.3. The number of rotatable bonds is 6. The highest BCUT2D eigenvalue weighted by atomic mass is 35.5. The number of hydrogen-bond acceptors (Lipinski definition) is 4. The third-order valence-corrected chi connectivity index (χ3v) is 6.26. The molecule has 1 N–H and O–H groups in total. The van der Waals surface area contributed by atoms with Gasteiger partial charge in [-0.05, 0) is 56.5 Å². The van der Waals surface area contributed by atoms with E-state index >= 15 is 0 Å². The second-order valence-electron chi connectivity index (χ2n) is 5.85. The number of hydrogen-bond donors (Lipinski definition) is 1. The first-order valence-corrected chi connectivity index (χ1v) is 9.23. The lowest BCUT2D eigenvalue weighted by molar-refractivity contribution is 0.334. The maximum atomic E-state index is 13.1. The minimum atomic E-state index is -3.49. The molecule has 7 heteroatoms. The van der Waals surface area contributed by atoms with Gasteiger partial charge in [0.2, 0.25) is 10.0 Å². The summed E-state index contributed by atoms with van der Waals surface area (Å²) < 4.78 is 33.2. The molecule has 0 bridgehead atoms. The molecular weight excluding hydrogens is 336 g/mol. The monoisotopic (exact) mass is 362 g/mol. The Labute approximate surface area is 145 Å². The van der Waals surface area contributed by atoms with E-state index in [1.807, 2.05) is 20.8 Å². The van der Waals surface area contributed by atoms with Crippen LogP contribution in [0.1, 0.15) is 30.9 Å². The second-order valence-corrected chi connectivity index (χ2v) is 7.71. The van der Waals surface area contributed by atoms with Gasteiger partial charge in [0.25, 0.3) is 0 Å². The molecule has 0 aliphatic carbocycles. The van der Waals surface area contributed by atoms with Crippen molar-refractivity contribution >= 4 is 22.4 Å².